The number of nitro groups is 1. The van der Waals surface area contributed by atoms with Crippen LogP contribution in [0.25, 0.3) is 0 Å². The number of non-ortho nitro benzene ring substituents is 1. The molecule has 1 aliphatic rings. The zero-order chi connectivity index (χ0) is 13.8. The Bertz CT molecular complexity index is 464. The van der Waals surface area contributed by atoms with Crippen LogP contribution in [0.2, 0.25) is 0 Å². The summed E-state index contributed by atoms with van der Waals surface area (Å²) < 4.78 is 10.4. The summed E-state index contributed by atoms with van der Waals surface area (Å²) in [4.78, 5) is 10.4. The summed E-state index contributed by atoms with van der Waals surface area (Å²) in [5, 5.41) is 14.2. The molecule has 1 fully saturated rings. The molecule has 1 aromatic carbocycles. The maximum atomic E-state index is 10.9. The van der Waals surface area contributed by atoms with Crippen molar-refractivity contribution in [2.45, 2.75) is 31.4 Å². The van der Waals surface area contributed by atoms with E-state index in [1.165, 1.54) is 19.2 Å². The zero-order valence-corrected chi connectivity index (χ0v) is 11.1. The SMILES string of the molecule is COc1cc(NC2CCC(OC)C2)cc([N+](=O)[O-])c1. The maximum absolute atomic E-state index is 10.9. The molecule has 0 aliphatic heterocycles. The van der Waals surface area contributed by atoms with Crippen LogP contribution in [0, 0.1) is 10.1 Å². The minimum atomic E-state index is -0.416. The first-order valence-electron chi connectivity index (χ1n) is 6.25. The molecule has 0 aromatic heterocycles. The molecule has 19 heavy (non-hydrogen) atoms. The molecule has 2 atom stereocenters. The number of nitro benzene ring substituents is 1. The molecule has 1 N–H and O–H groups in total. The van der Waals surface area contributed by atoms with E-state index in [-0.39, 0.29) is 17.8 Å². The van der Waals surface area contributed by atoms with Crippen LogP contribution < -0.4 is 10.1 Å². The van der Waals surface area contributed by atoms with Crippen LogP contribution in [-0.2, 0) is 4.74 Å². The van der Waals surface area contributed by atoms with Crippen molar-refractivity contribution < 1.29 is 14.4 Å². The number of ether oxygens (including phenoxy) is 2. The van der Waals surface area contributed by atoms with Crippen LogP contribution in [0.4, 0.5) is 11.4 Å². The summed E-state index contributed by atoms with van der Waals surface area (Å²) in [6.07, 6.45) is 3.21. The largest absolute Gasteiger partial charge is 0.496 e. The molecule has 0 saturated heterocycles. The Balaban J connectivity index is 2.11. The van der Waals surface area contributed by atoms with Gasteiger partial charge in [0.25, 0.3) is 5.69 Å². The van der Waals surface area contributed by atoms with Gasteiger partial charge in [0.1, 0.15) is 5.75 Å². The monoisotopic (exact) mass is 266 g/mol. The highest BCUT2D eigenvalue weighted by atomic mass is 16.6. The Kier molecular flexibility index (Phi) is 4.21. The summed E-state index contributed by atoms with van der Waals surface area (Å²) in [6, 6.07) is 5.00. The third-order valence-electron chi connectivity index (χ3n) is 3.43. The molecule has 0 spiro atoms. The number of nitrogens with zero attached hydrogens (tertiary/aromatic N) is 1. The number of benzene rings is 1. The van der Waals surface area contributed by atoms with E-state index < -0.39 is 4.92 Å². The lowest BCUT2D eigenvalue weighted by molar-refractivity contribution is -0.384. The fourth-order valence-electron chi connectivity index (χ4n) is 2.41. The van der Waals surface area contributed by atoms with E-state index in [1.807, 2.05) is 0 Å². The number of rotatable bonds is 5. The van der Waals surface area contributed by atoms with E-state index in [4.69, 9.17) is 9.47 Å². The normalized spacial score (nSPS) is 22.2. The van der Waals surface area contributed by atoms with Gasteiger partial charge in [0.15, 0.2) is 0 Å². The van der Waals surface area contributed by atoms with Crippen LogP contribution in [-0.4, -0.2) is 31.3 Å². The van der Waals surface area contributed by atoms with Gasteiger partial charge in [-0.1, -0.05) is 0 Å². The summed E-state index contributed by atoms with van der Waals surface area (Å²) in [5.41, 5.74) is 0.746. The van der Waals surface area contributed by atoms with Crippen LogP contribution in [0.5, 0.6) is 5.75 Å². The van der Waals surface area contributed by atoms with E-state index in [2.05, 4.69) is 5.32 Å². The molecule has 6 nitrogen and oxygen atoms in total. The van der Waals surface area contributed by atoms with Gasteiger partial charge in [0, 0.05) is 31.0 Å². The van der Waals surface area contributed by atoms with E-state index in [9.17, 15) is 10.1 Å². The van der Waals surface area contributed by atoms with Crippen LogP contribution in [0.3, 0.4) is 0 Å². The fraction of sp³-hybridized carbons (Fsp3) is 0.538. The van der Waals surface area contributed by atoms with Gasteiger partial charge in [0.05, 0.1) is 24.2 Å². The lowest BCUT2D eigenvalue weighted by atomic mass is 10.2. The molecule has 2 unspecified atom stereocenters. The fourth-order valence-corrected chi connectivity index (χ4v) is 2.41. The Morgan fingerprint density at radius 3 is 2.68 bits per heavy atom. The molecular weight excluding hydrogens is 248 g/mol. The summed E-state index contributed by atoms with van der Waals surface area (Å²) in [7, 11) is 3.21. The van der Waals surface area contributed by atoms with E-state index in [0.717, 1.165) is 19.3 Å². The van der Waals surface area contributed by atoms with Gasteiger partial charge in [-0.15, -0.1) is 0 Å². The van der Waals surface area contributed by atoms with Crippen molar-refractivity contribution in [2.75, 3.05) is 19.5 Å². The molecule has 0 amide bonds. The van der Waals surface area contributed by atoms with Gasteiger partial charge in [-0.25, -0.2) is 0 Å². The highest BCUT2D eigenvalue weighted by molar-refractivity contribution is 5.56. The van der Waals surface area contributed by atoms with Crippen molar-refractivity contribution in [1.29, 1.82) is 0 Å². The molecule has 2 rings (SSSR count). The molecule has 1 aliphatic carbocycles. The maximum Gasteiger partial charge on any atom is 0.275 e. The number of nitrogens with one attached hydrogen (secondary N) is 1. The third kappa shape index (κ3) is 3.35. The Morgan fingerprint density at radius 2 is 2.11 bits per heavy atom. The van der Waals surface area contributed by atoms with Gasteiger partial charge in [-0.2, -0.15) is 0 Å². The molecule has 1 aromatic rings. The van der Waals surface area contributed by atoms with E-state index in [1.54, 1.807) is 13.2 Å². The molecule has 6 heteroatoms. The van der Waals surface area contributed by atoms with Crippen molar-refractivity contribution in [2.24, 2.45) is 0 Å². The first-order chi connectivity index (χ1) is 9.12. The lowest BCUT2D eigenvalue weighted by Gasteiger charge is -2.15. The minimum absolute atomic E-state index is 0.0307. The van der Waals surface area contributed by atoms with Crippen LogP contribution in [0.1, 0.15) is 19.3 Å². The highest BCUT2D eigenvalue weighted by Gasteiger charge is 2.24. The predicted molar refractivity (Wildman–Crippen MR) is 71.7 cm³/mol. The van der Waals surface area contributed by atoms with E-state index >= 15 is 0 Å². The summed E-state index contributed by atoms with van der Waals surface area (Å²) in [6.45, 7) is 0. The Morgan fingerprint density at radius 1 is 1.32 bits per heavy atom. The van der Waals surface area contributed by atoms with Gasteiger partial charge >= 0.3 is 0 Å². The smallest absolute Gasteiger partial charge is 0.275 e. The van der Waals surface area contributed by atoms with Crippen molar-refractivity contribution in [3.05, 3.63) is 28.3 Å². The highest BCUT2D eigenvalue weighted by Crippen LogP contribution is 2.29. The Labute approximate surface area is 111 Å². The quantitative estimate of drug-likeness (QED) is 0.655. The Hall–Kier alpha value is -1.82. The third-order valence-corrected chi connectivity index (χ3v) is 3.43. The first kappa shape index (κ1) is 13.6. The lowest BCUT2D eigenvalue weighted by Crippen LogP contribution is -2.17. The van der Waals surface area contributed by atoms with Crippen molar-refractivity contribution >= 4 is 11.4 Å². The second-order valence-electron chi connectivity index (χ2n) is 4.69. The first-order valence-corrected chi connectivity index (χ1v) is 6.25. The van der Waals surface area contributed by atoms with Crippen molar-refractivity contribution in [1.82, 2.24) is 0 Å². The van der Waals surface area contributed by atoms with Crippen LogP contribution >= 0.6 is 0 Å². The molecule has 0 bridgehead atoms. The standard InChI is InChI=1S/C13H18N2O4/c1-18-12-4-3-9(6-12)14-10-5-11(15(16)17)8-13(7-10)19-2/h5,7-9,12,14H,3-4,6H2,1-2H3. The number of hydrogen-bond donors (Lipinski definition) is 1. The average molecular weight is 266 g/mol. The summed E-state index contributed by atoms with van der Waals surface area (Å²) in [5.74, 6) is 0.484. The zero-order valence-electron chi connectivity index (χ0n) is 11.1. The predicted octanol–water partition coefficient (Wildman–Crippen LogP) is 2.58. The molecular formula is C13H18N2O4. The van der Waals surface area contributed by atoms with Gasteiger partial charge in [0.2, 0.25) is 0 Å². The number of methoxy groups -OCH3 is 2. The van der Waals surface area contributed by atoms with Crippen molar-refractivity contribution in [3.63, 3.8) is 0 Å². The number of hydrogen-bond acceptors (Lipinski definition) is 5. The van der Waals surface area contributed by atoms with Gasteiger partial charge in [-0.3, -0.25) is 10.1 Å². The molecule has 104 valence electrons. The minimum Gasteiger partial charge on any atom is -0.496 e. The molecule has 0 heterocycles. The topological polar surface area (TPSA) is 73.6 Å². The van der Waals surface area contributed by atoms with Gasteiger partial charge in [-0.05, 0) is 19.3 Å². The second kappa shape index (κ2) is 5.88. The molecule has 0 radical (unpaired) electrons. The molecule has 1 saturated carbocycles. The second-order valence-corrected chi connectivity index (χ2v) is 4.69. The summed E-state index contributed by atoms with van der Waals surface area (Å²) >= 11 is 0. The van der Waals surface area contributed by atoms with Crippen molar-refractivity contribution in [3.8, 4) is 5.75 Å². The number of anilines is 1. The average Bonchev–Trinajstić information content (AvgIpc) is 2.85. The van der Waals surface area contributed by atoms with Gasteiger partial charge < -0.3 is 14.8 Å². The van der Waals surface area contributed by atoms with E-state index in [0.29, 0.717) is 11.4 Å². The van der Waals surface area contributed by atoms with Crippen LogP contribution in [0.15, 0.2) is 18.2 Å².